The number of ether oxygens (including phenoxy) is 1. The van der Waals surface area contributed by atoms with Crippen LogP contribution in [0.1, 0.15) is 29.8 Å². The molecule has 0 radical (unpaired) electrons. The number of carbonyl (C=O) groups is 1. The van der Waals surface area contributed by atoms with Crippen LogP contribution < -0.4 is 4.74 Å². The number of aryl methyl sites for hydroxylation is 1. The van der Waals surface area contributed by atoms with Crippen LogP contribution in [-0.2, 0) is 0 Å². The van der Waals surface area contributed by atoms with Gasteiger partial charge in [-0.15, -0.1) is 0 Å². The van der Waals surface area contributed by atoms with Crippen molar-refractivity contribution in [2.75, 3.05) is 6.61 Å². The van der Waals surface area contributed by atoms with Crippen LogP contribution in [0, 0.1) is 12.7 Å². The largest absolute Gasteiger partial charge is 0.493 e. The van der Waals surface area contributed by atoms with Gasteiger partial charge in [-0.3, -0.25) is 4.79 Å². The lowest BCUT2D eigenvalue weighted by Crippen LogP contribution is -2.02. The topological polar surface area (TPSA) is 26.3 Å². The summed E-state index contributed by atoms with van der Waals surface area (Å²) in [5.74, 6) is -0.107. The van der Waals surface area contributed by atoms with E-state index in [0.717, 1.165) is 0 Å². The molecule has 0 bridgehead atoms. The first kappa shape index (κ1) is 10.7. The molecule has 0 aliphatic rings. The highest BCUT2D eigenvalue weighted by atomic mass is 19.1. The number of hydrogen-bond acceptors (Lipinski definition) is 2. The van der Waals surface area contributed by atoms with Crippen LogP contribution in [0.15, 0.2) is 12.1 Å². The SMILES string of the molecule is CCOc1cc(C)c(F)cc1C(C)=O. The molecule has 0 unspecified atom stereocenters. The van der Waals surface area contributed by atoms with Crippen molar-refractivity contribution in [3.05, 3.63) is 29.1 Å². The lowest BCUT2D eigenvalue weighted by Gasteiger charge is -2.09. The Morgan fingerprint density at radius 3 is 2.64 bits per heavy atom. The Hall–Kier alpha value is -1.38. The van der Waals surface area contributed by atoms with Crippen molar-refractivity contribution < 1.29 is 13.9 Å². The van der Waals surface area contributed by atoms with Crippen LogP contribution in [0.4, 0.5) is 4.39 Å². The monoisotopic (exact) mass is 196 g/mol. The van der Waals surface area contributed by atoms with Gasteiger partial charge in [0.25, 0.3) is 0 Å². The van der Waals surface area contributed by atoms with E-state index >= 15 is 0 Å². The molecule has 3 heteroatoms. The molecule has 0 spiro atoms. The van der Waals surface area contributed by atoms with Gasteiger partial charge in [-0.25, -0.2) is 4.39 Å². The molecule has 2 nitrogen and oxygen atoms in total. The Kier molecular flexibility index (Phi) is 3.23. The van der Waals surface area contributed by atoms with E-state index in [1.54, 1.807) is 13.0 Å². The van der Waals surface area contributed by atoms with E-state index in [-0.39, 0.29) is 11.6 Å². The van der Waals surface area contributed by atoms with Gasteiger partial charge in [-0.1, -0.05) is 0 Å². The quantitative estimate of drug-likeness (QED) is 0.695. The highest BCUT2D eigenvalue weighted by molar-refractivity contribution is 5.96. The highest BCUT2D eigenvalue weighted by Crippen LogP contribution is 2.23. The van der Waals surface area contributed by atoms with Crippen molar-refractivity contribution in [2.24, 2.45) is 0 Å². The second-order valence-electron chi connectivity index (χ2n) is 3.09. The van der Waals surface area contributed by atoms with Gasteiger partial charge in [0.1, 0.15) is 11.6 Å². The maximum Gasteiger partial charge on any atom is 0.163 e. The molecule has 0 atom stereocenters. The van der Waals surface area contributed by atoms with Crippen molar-refractivity contribution in [1.82, 2.24) is 0 Å². The second-order valence-corrected chi connectivity index (χ2v) is 3.09. The predicted molar refractivity (Wildman–Crippen MR) is 52.3 cm³/mol. The smallest absolute Gasteiger partial charge is 0.163 e. The zero-order valence-electron chi connectivity index (χ0n) is 8.56. The van der Waals surface area contributed by atoms with Gasteiger partial charge in [-0.05, 0) is 38.5 Å². The summed E-state index contributed by atoms with van der Waals surface area (Å²) in [5, 5.41) is 0. The van der Waals surface area contributed by atoms with Crippen LogP contribution in [0.2, 0.25) is 0 Å². The van der Waals surface area contributed by atoms with Gasteiger partial charge in [0.2, 0.25) is 0 Å². The molecule has 1 aromatic carbocycles. The Morgan fingerprint density at radius 2 is 2.14 bits per heavy atom. The van der Waals surface area contributed by atoms with Crippen molar-refractivity contribution in [2.45, 2.75) is 20.8 Å². The highest BCUT2D eigenvalue weighted by Gasteiger charge is 2.11. The molecule has 0 heterocycles. The minimum Gasteiger partial charge on any atom is -0.493 e. The maximum atomic E-state index is 13.2. The minimum atomic E-state index is -0.376. The third-order valence-corrected chi connectivity index (χ3v) is 1.94. The van der Waals surface area contributed by atoms with Gasteiger partial charge in [0.05, 0.1) is 12.2 Å². The lowest BCUT2D eigenvalue weighted by atomic mass is 10.1. The Labute approximate surface area is 82.7 Å². The van der Waals surface area contributed by atoms with E-state index in [4.69, 9.17) is 4.74 Å². The zero-order chi connectivity index (χ0) is 10.7. The van der Waals surface area contributed by atoms with E-state index in [1.165, 1.54) is 13.0 Å². The number of rotatable bonds is 3. The van der Waals surface area contributed by atoms with Gasteiger partial charge in [0.15, 0.2) is 5.78 Å². The molecule has 0 saturated carbocycles. The summed E-state index contributed by atoms with van der Waals surface area (Å²) < 4.78 is 18.4. The summed E-state index contributed by atoms with van der Waals surface area (Å²) in [5.41, 5.74) is 0.786. The predicted octanol–water partition coefficient (Wildman–Crippen LogP) is 2.74. The van der Waals surface area contributed by atoms with Crippen molar-refractivity contribution in [1.29, 1.82) is 0 Å². The fourth-order valence-corrected chi connectivity index (χ4v) is 1.21. The molecule has 0 aliphatic carbocycles. The van der Waals surface area contributed by atoms with Crippen LogP contribution in [0.25, 0.3) is 0 Å². The van der Waals surface area contributed by atoms with Crippen LogP contribution in [-0.4, -0.2) is 12.4 Å². The first-order chi connectivity index (χ1) is 6.56. The fourth-order valence-electron chi connectivity index (χ4n) is 1.21. The average molecular weight is 196 g/mol. The molecule has 1 aromatic rings. The summed E-state index contributed by atoms with van der Waals surface area (Å²) in [6.45, 7) is 5.32. The van der Waals surface area contributed by atoms with Crippen molar-refractivity contribution in [3.63, 3.8) is 0 Å². The molecule has 76 valence electrons. The van der Waals surface area contributed by atoms with E-state index in [0.29, 0.717) is 23.5 Å². The normalized spacial score (nSPS) is 10.0. The van der Waals surface area contributed by atoms with Crippen LogP contribution >= 0.6 is 0 Å². The molecule has 0 aliphatic heterocycles. The fraction of sp³-hybridized carbons (Fsp3) is 0.364. The van der Waals surface area contributed by atoms with E-state index < -0.39 is 0 Å². The lowest BCUT2D eigenvalue weighted by molar-refractivity contribution is 0.101. The number of benzene rings is 1. The maximum absolute atomic E-state index is 13.2. The molecule has 14 heavy (non-hydrogen) atoms. The Bertz CT molecular complexity index is 359. The average Bonchev–Trinajstić information content (AvgIpc) is 2.11. The first-order valence-electron chi connectivity index (χ1n) is 4.50. The molecule has 0 aromatic heterocycles. The number of Topliss-reactive ketones (excluding diaryl/α,β-unsaturated/α-hetero) is 1. The van der Waals surface area contributed by atoms with Crippen molar-refractivity contribution >= 4 is 5.78 Å². The standard InChI is InChI=1S/C11H13FO2/c1-4-14-11-5-7(2)10(12)6-9(11)8(3)13/h5-6H,4H2,1-3H3. The Morgan fingerprint density at radius 1 is 1.50 bits per heavy atom. The van der Waals surface area contributed by atoms with E-state index in [9.17, 15) is 9.18 Å². The second kappa shape index (κ2) is 4.22. The first-order valence-corrected chi connectivity index (χ1v) is 4.50. The van der Waals surface area contributed by atoms with E-state index in [1.807, 2.05) is 6.92 Å². The summed E-state index contributed by atoms with van der Waals surface area (Å²) in [7, 11) is 0. The van der Waals surface area contributed by atoms with Gasteiger partial charge < -0.3 is 4.74 Å². The number of carbonyl (C=O) groups excluding carboxylic acids is 1. The number of hydrogen-bond donors (Lipinski definition) is 0. The van der Waals surface area contributed by atoms with Gasteiger partial charge >= 0.3 is 0 Å². The zero-order valence-corrected chi connectivity index (χ0v) is 8.56. The van der Waals surface area contributed by atoms with Crippen LogP contribution in [0.5, 0.6) is 5.75 Å². The molecule has 0 saturated heterocycles. The summed E-state index contributed by atoms with van der Waals surface area (Å²) in [6, 6.07) is 2.78. The van der Waals surface area contributed by atoms with Crippen LogP contribution in [0.3, 0.4) is 0 Å². The van der Waals surface area contributed by atoms with Gasteiger partial charge in [0, 0.05) is 0 Å². The summed E-state index contributed by atoms with van der Waals surface area (Å²) in [6.07, 6.45) is 0. The molecule has 0 N–H and O–H groups in total. The molecular weight excluding hydrogens is 183 g/mol. The third-order valence-electron chi connectivity index (χ3n) is 1.94. The minimum absolute atomic E-state index is 0.188. The number of halogens is 1. The molecule has 0 amide bonds. The Balaban J connectivity index is 3.24. The third kappa shape index (κ3) is 2.10. The summed E-state index contributed by atoms with van der Waals surface area (Å²) in [4.78, 5) is 11.2. The number of ketones is 1. The molecule has 0 fully saturated rings. The van der Waals surface area contributed by atoms with E-state index in [2.05, 4.69) is 0 Å². The van der Waals surface area contributed by atoms with Crippen molar-refractivity contribution in [3.8, 4) is 5.75 Å². The molecule has 1 rings (SSSR count). The summed E-state index contributed by atoms with van der Waals surface area (Å²) >= 11 is 0. The molecular formula is C11H13FO2. The van der Waals surface area contributed by atoms with Gasteiger partial charge in [-0.2, -0.15) is 0 Å².